The fourth-order valence-electron chi connectivity index (χ4n) is 2.31. The van der Waals surface area contributed by atoms with Crippen molar-refractivity contribution in [1.82, 2.24) is 9.97 Å². The average molecular weight is 263 g/mol. The Labute approximate surface area is 110 Å². The van der Waals surface area contributed by atoms with Gasteiger partial charge in [0.1, 0.15) is 16.5 Å². The van der Waals surface area contributed by atoms with Gasteiger partial charge in [0, 0.05) is 25.7 Å². The van der Waals surface area contributed by atoms with E-state index in [-0.39, 0.29) is 0 Å². The molecule has 0 spiro atoms. The molecule has 0 bridgehead atoms. The summed E-state index contributed by atoms with van der Waals surface area (Å²) in [6.45, 7) is 4.63. The van der Waals surface area contributed by atoms with Gasteiger partial charge in [-0.3, -0.25) is 0 Å². The molecule has 4 nitrogen and oxygen atoms in total. The van der Waals surface area contributed by atoms with E-state index in [2.05, 4.69) is 23.7 Å². The number of aromatic nitrogens is 2. The number of ether oxygens (including phenoxy) is 1. The second kappa shape index (κ2) is 5.20. The van der Waals surface area contributed by atoms with Crippen LogP contribution in [0.2, 0.25) is 0 Å². The Hall–Kier alpha value is -1.20. The third kappa shape index (κ3) is 2.20. The number of nitrogens with one attached hydrogen (secondary N) is 1. The zero-order valence-electron chi connectivity index (χ0n) is 10.5. The number of anilines is 1. The van der Waals surface area contributed by atoms with E-state index in [1.807, 2.05) is 0 Å². The molecule has 1 aliphatic rings. The van der Waals surface area contributed by atoms with E-state index in [9.17, 15) is 0 Å². The highest BCUT2D eigenvalue weighted by Crippen LogP contribution is 2.30. The number of rotatable bonds is 3. The molecule has 2 aromatic rings. The molecule has 96 valence electrons. The maximum absolute atomic E-state index is 5.40. The average Bonchev–Trinajstić information content (AvgIpc) is 2.88. The van der Waals surface area contributed by atoms with E-state index in [0.29, 0.717) is 5.92 Å². The van der Waals surface area contributed by atoms with Gasteiger partial charge in [0.2, 0.25) is 0 Å². The molecule has 5 heteroatoms. The van der Waals surface area contributed by atoms with Gasteiger partial charge in [-0.15, -0.1) is 11.3 Å². The van der Waals surface area contributed by atoms with Crippen LogP contribution in [0.3, 0.4) is 0 Å². The molecule has 18 heavy (non-hydrogen) atoms. The molecular formula is C13H17N3OS. The second-order valence-corrected chi connectivity index (χ2v) is 5.38. The molecule has 3 heterocycles. The van der Waals surface area contributed by atoms with Gasteiger partial charge in [0.05, 0.1) is 5.39 Å². The van der Waals surface area contributed by atoms with Gasteiger partial charge in [-0.05, 0) is 31.2 Å². The maximum atomic E-state index is 5.40. The highest BCUT2D eigenvalue weighted by Gasteiger charge is 2.20. The zero-order valence-corrected chi connectivity index (χ0v) is 11.3. The van der Waals surface area contributed by atoms with Crippen LogP contribution >= 0.6 is 11.3 Å². The van der Waals surface area contributed by atoms with Gasteiger partial charge in [-0.2, -0.15) is 0 Å². The van der Waals surface area contributed by atoms with Crippen molar-refractivity contribution >= 4 is 27.4 Å². The monoisotopic (exact) mass is 263 g/mol. The van der Waals surface area contributed by atoms with Crippen molar-refractivity contribution in [2.45, 2.75) is 25.7 Å². The molecule has 3 rings (SSSR count). The zero-order chi connectivity index (χ0) is 12.4. The Morgan fingerprint density at radius 3 is 3.00 bits per heavy atom. The largest absolute Gasteiger partial charge is 0.381 e. The third-order valence-corrected chi connectivity index (χ3v) is 4.08. The summed E-state index contributed by atoms with van der Waals surface area (Å²) in [7, 11) is 0. The Morgan fingerprint density at radius 2 is 2.22 bits per heavy atom. The van der Waals surface area contributed by atoms with Crippen LogP contribution in [0.15, 0.2) is 11.4 Å². The van der Waals surface area contributed by atoms with E-state index < -0.39 is 0 Å². The lowest BCUT2D eigenvalue weighted by atomic mass is 9.99. The van der Waals surface area contributed by atoms with E-state index >= 15 is 0 Å². The summed E-state index contributed by atoms with van der Waals surface area (Å²) in [5.74, 6) is 2.40. The third-order valence-electron chi connectivity index (χ3n) is 3.27. The molecule has 0 atom stereocenters. The first-order valence-electron chi connectivity index (χ1n) is 6.45. The summed E-state index contributed by atoms with van der Waals surface area (Å²) in [5, 5.41) is 6.55. The van der Waals surface area contributed by atoms with Crippen molar-refractivity contribution in [1.29, 1.82) is 0 Å². The first kappa shape index (κ1) is 11.9. The van der Waals surface area contributed by atoms with Gasteiger partial charge in [-0.25, -0.2) is 9.97 Å². The predicted molar refractivity (Wildman–Crippen MR) is 74.4 cm³/mol. The first-order chi connectivity index (χ1) is 8.88. The predicted octanol–water partition coefficient (Wildman–Crippen LogP) is 3.02. The molecule has 1 saturated heterocycles. The van der Waals surface area contributed by atoms with E-state index in [1.54, 1.807) is 11.3 Å². The van der Waals surface area contributed by atoms with Gasteiger partial charge in [-0.1, -0.05) is 0 Å². The van der Waals surface area contributed by atoms with Crippen LogP contribution in [0.5, 0.6) is 0 Å². The number of nitrogens with zero attached hydrogens (tertiary/aromatic N) is 2. The van der Waals surface area contributed by atoms with Crippen molar-refractivity contribution in [3.8, 4) is 0 Å². The van der Waals surface area contributed by atoms with Gasteiger partial charge >= 0.3 is 0 Å². The minimum absolute atomic E-state index is 0.447. The molecule has 0 aliphatic carbocycles. The van der Waals surface area contributed by atoms with Gasteiger partial charge < -0.3 is 10.1 Å². The maximum Gasteiger partial charge on any atom is 0.138 e. The highest BCUT2D eigenvalue weighted by atomic mass is 32.1. The summed E-state index contributed by atoms with van der Waals surface area (Å²) >= 11 is 1.68. The van der Waals surface area contributed by atoms with E-state index in [4.69, 9.17) is 14.7 Å². The van der Waals surface area contributed by atoms with Crippen LogP contribution in [-0.4, -0.2) is 29.7 Å². The number of fused-ring (bicyclic) bond motifs is 1. The molecule has 0 amide bonds. The fraction of sp³-hybridized carbons (Fsp3) is 0.538. The molecular weight excluding hydrogens is 246 g/mol. The van der Waals surface area contributed by atoms with Crippen LogP contribution in [-0.2, 0) is 4.74 Å². The van der Waals surface area contributed by atoms with Crippen LogP contribution in [0.25, 0.3) is 10.2 Å². The Kier molecular flexibility index (Phi) is 3.43. The molecule has 2 aromatic heterocycles. The normalized spacial score (nSPS) is 17.2. The van der Waals surface area contributed by atoms with Crippen molar-refractivity contribution in [3.63, 3.8) is 0 Å². The summed E-state index contributed by atoms with van der Waals surface area (Å²) in [5.41, 5.74) is 0. The van der Waals surface area contributed by atoms with Crippen molar-refractivity contribution in [3.05, 3.63) is 17.3 Å². The Balaban J connectivity index is 2.00. The molecule has 0 saturated carbocycles. The standard InChI is InChI=1S/C13H17N3OS/c1-2-14-12-10-5-8-18-13(10)16-11(15-12)9-3-6-17-7-4-9/h5,8-9H,2-4,6-7H2,1H3,(H,14,15,16). The summed E-state index contributed by atoms with van der Waals surface area (Å²) in [6, 6.07) is 2.09. The summed E-state index contributed by atoms with van der Waals surface area (Å²) < 4.78 is 5.40. The number of hydrogen-bond donors (Lipinski definition) is 1. The molecule has 0 aromatic carbocycles. The minimum atomic E-state index is 0.447. The first-order valence-corrected chi connectivity index (χ1v) is 7.33. The van der Waals surface area contributed by atoms with Crippen LogP contribution < -0.4 is 5.32 Å². The molecule has 0 radical (unpaired) electrons. The molecule has 1 N–H and O–H groups in total. The lowest BCUT2D eigenvalue weighted by Gasteiger charge is -2.21. The van der Waals surface area contributed by atoms with Gasteiger partial charge in [0.15, 0.2) is 0 Å². The van der Waals surface area contributed by atoms with Crippen LogP contribution in [0, 0.1) is 0 Å². The molecule has 1 aliphatic heterocycles. The fourth-order valence-corrected chi connectivity index (χ4v) is 3.08. The lowest BCUT2D eigenvalue weighted by molar-refractivity contribution is 0.0837. The molecule has 0 unspecified atom stereocenters. The lowest BCUT2D eigenvalue weighted by Crippen LogP contribution is -2.17. The summed E-state index contributed by atoms with van der Waals surface area (Å²) in [4.78, 5) is 10.5. The second-order valence-electron chi connectivity index (χ2n) is 4.49. The Bertz CT molecular complexity index is 534. The van der Waals surface area contributed by atoms with E-state index in [1.165, 1.54) is 0 Å². The minimum Gasteiger partial charge on any atom is -0.381 e. The van der Waals surface area contributed by atoms with Crippen molar-refractivity contribution in [2.75, 3.05) is 25.1 Å². The van der Waals surface area contributed by atoms with Crippen LogP contribution in [0.4, 0.5) is 5.82 Å². The van der Waals surface area contributed by atoms with Crippen molar-refractivity contribution < 1.29 is 4.74 Å². The van der Waals surface area contributed by atoms with Crippen molar-refractivity contribution in [2.24, 2.45) is 0 Å². The quantitative estimate of drug-likeness (QED) is 0.924. The smallest absolute Gasteiger partial charge is 0.138 e. The topological polar surface area (TPSA) is 47.0 Å². The van der Waals surface area contributed by atoms with E-state index in [0.717, 1.165) is 54.5 Å². The van der Waals surface area contributed by atoms with Gasteiger partial charge in [0.25, 0.3) is 0 Å². The number of hydrogen-bond acceptors (Lipinski definition) is 5. The Morgan fingerprint density at radius 1 is 1.39 bits per heavy atom. The molecule has 1 fully saturated rings. The summed E-state index contributed by atoms with van der Waals surface area (Å²) in [6.07, 6.45) is 2.06. The SMILES string of the molecule is CCNc1nc(C2CCOCC2)nc2sccc12. The highest BCUT2D eigenvalue weighted by molar-refractivity contribution is 7.16. The van der Waals surface area contributed by atoms with Crippen LogP contribution in [0.1, 0.15) is 31.5 Å². The number of thiophene rings is 1.